The van der Waals surface area contributed by atoms with Crippen LogP contribution in [0.15, 0.2) is 24.3 Å². The number of hydrogen-bond donors (Lipinski definition) is 0. The zero-order valence-electron chi connectivity index (χ0n) is 10.7. The van der Waals surface area contributed by atoms with Crippen LogP contribution in [0.1, 0.15) is 41.0 Å². The second-order valence-corrected chi connectivity index (χ2v) is 4.58. The molecule has 1 aliphatic rings. The molecule has 0 N–H and O–H groups in total. The first kappa shape index (κ1) is 12.8. The summed E-state index contributed by atoms with van der Waals surface area (Å²) in [6.07, 6.45) is 0.844. The molecule has 4 heteroatoms. The molecule has 0 spiro atoms. The molecular formula is C14H17NO3. The maximum atomic E-state index is 12.0. The van der Waals surface area contributed by atoms with Crippen molar-refractivity contribution in [2.45, 2.75) is 26.4 Å². The molecule has 96 valence electrons. The summed E-state index contributed by atoms with van der Waals surface area (Å²) in [4.78, 5) is 25.3. The van der Waals surface area contributed by atoms with E-state index in [1.54, 1.807) is 24.3 Å². The second kappa shape index (κ2) is 5.31. The van der Waals surface area contributed by atoms with E-state index in [2.05, 4.69) is 0 Å². The minimum Gasteiger partial charge on any atom is -0.379 e. The largest absolute Gasteiger partial charge is 0.379 e. The number of benzene rings is 1. The number of fused-ring (bicyclic) bond motifs is 1. The van der Waals surface area contributed by atoms with Crippen molar-refractivity contribution in [3.8, 4) is 0 Å². The predicted molar refractivity (Wildman–Crippen MR) is 67.5 cm³/mol. The molecule has 1 aliphatic heterocycles. The number of imide groups is 1. The number of ether oxygens (including phenoxy) is 1. The number of amides is 2. The maximum absolute atomic E-state index is 12.0. The first-order chi connectivity index (χ1) is 8.61. The van der Waals surface area contributed by atoms with Crippen LogP contribution >= 0.6 is 0 Å². The zero-order chi connectivity index (χ0) is 13.1. The van der Waals surface area contributed by atoms with Crippen LogP contribution in [0.4, 0.5) is 0 Å². The predicted octanol–water partition coefficient (Wildman–Crippen LogP) is 2.10. The molecule has 0 unspecified atom stereocenters. The molecular weight excluding hydrogens is 230 g/mol. The Labute approximate surface area is 107 Å². The third-order valence-electron chi connectivity index (χ3n) is 2.86. The number of carbonyl (C=O) groups excluding carboxylic acids is 2. The van der Waals surface area contributed by atoms with Gasteiger partial charge in [-0.1, -0.05) is 12.1 Å². The van der Waals surface area contributed by atoms with Crippen molar-refractivity contribution in [2.75, 3.05) is 13.2 Å². The minimum atomic E-state index is -0.194. The van der Waals surface area contributed by atoms with Crippen LogP contribution < -0.4 is 0 Å². The summed E-state index contributed by atoms with van der Waals surface area (Å²) in [7, 11) is 0. The Morgan fingerprint density at radius 3 is 2.17 bits per heavy atom. The van der Waals surface area contributed by atoms with E-state index >= 15 is 0 Å². The van der Waals surface area contributed by atoms with Crippen molar-refractivity contribution in [1.29, 1.82) is 0 Å². The fraction of sp³-hybridized carbons (Fsp3) is 0.429. The summed E-state index contributed by atoms with van der Waals surface area (Å²) >= 11 is 0. The summed E-state index contributed by atoms with van der Waals surface area (Å²) in [5.41, 5.74) is 1.01. The van der Waals surface area contributed by atoms with Crippen LogP contribution in [0.3, 0.4) is 0 Å². The van der Waals surface area contributed by atoms with Gasteiger partial charge in [0.1, 0.15) is 0 Å². The SMILES string of the molecule is CC(C)OCCCN1C(=O)c2ccccc2C1=O. The molecule has 2 amide bonds. The smallest absolute Gasteiger partial charge is 0.261 e. The summed E-state index contributed by atoms with van der Waals surface area (Å²) < 4.78 is 5.40. The Kier molecular flexibility index (Phi) is 3.77. The van der Waals surface area contributed by atoms with Gasteiger partial charge in [0.2, 0.25) is 0 Å². The Bertz CT molecular complexity index is 433. The van der Waals surface area contributed by atoms with Crippen LogP contribution in [-0.2, 0) is 4.74 Å². The van der Waals surface area contributed by atoms with E-state index in [0.717, 1.165) is 0 Å². The molecule has 0 atom stereocenters. The fourth-order valence-corrected chi connectivity index (χ4v) is 1.98. The molecule has 0 aliphatic carbocycles. The van der Waals surface area contributed by atoms with E-state index in [0.29, 0.717) is 30.7 Å². The van der Waals surface area contributed by atoms with Gasteiger partial charge in [-0.2, -0.15) is 0 Å². The Balaban J connectivity index is 1.97. The minimum absolute atomic E-state index is 0.173. The van der Waals surface area contributed by atoms with Crippen LogP contribution in [0, 0.1) is 0 Å². The van der Waals surface area contributed by atoms with Crippen molar-refractivity contribution in [1.82, 2.24) is 4.90 Å². The molecule has 0 saturated heterocycles. The van der Waals surface area contributed by atoms with Crippen LogP contribution in [-0.4, -0.2) is 36.0 Å². The van der Waals surface area contributed by atoms with Gasteiger partial charge in [-0.3, -0.25) is 14.5 Å². The van der Waals surface area contributed by atoms with Crippen molar-refractivity contribution in [3.63, 3.8) is 0 Å². The first-order valence-corrected chi connectivity index (χ1v) is 6.18. The molecule has 0 aromatic heterocycles. The molecule has 1 aromatic rings. The van der Waals surface area contributed by atoms with Crippen molar-refractivity contribution < 1.29 is 14.3 Å². The third kappa shape index (κ3) is 2.43. The van der Waals surface area contributed by atoms with Gasteiger partial charge in [-0.05, 0) is 32.4 Å². The standard InChI is InChI=1S/C14H17NO3/c1-10(2)18-9-5-8-15-13(16)11-6-3-4-7-12(11)14(15)17/h3-4,6-7,10H,5,8-9H2,1-2H3. The molecule has 0 fully saturated rings. The van der Waals surface area contributed by atoms with E-state index in [4.69, 9.17) is 4.74 Å². The van der Waals surface area contributed by atoms with Gasteiger partial charge in [0.05, 0.1) is 17.2 Å². The highest BCUT2D eigenvalue weighted by Crippen LogP contribution is 2.22. The van der Waals surface area contributed by atoms with Crippen LogP contribution in [0.5, 0.6) is 0 Å². The first-order valence-electron chi connectivity index (χ1n) is 6.18. The zero-order valence-corrected chi connectivity index (χ0v) is 10.7. The number of rotatable bonds is 5. The molecule has 0 radical (unpaired) electrons. The molecule has 18 heavy (non-hydrogen) atoms. The lowest BCUT2D eigenvalue weighted by Crippen LogP contribution is -2.31. The molecule has 1 heterocycles. The van der Waals surface area contributed by atoms with Crippen LogP contribution in [0.25, 0.3) is 0 Å². The molecule has 1 aromatic carbocycles. The van der Waals surface area contributed by atoms with Gasteiger partial charge in [0.25, 0.3) is 11.8 Å². The molecule has 4 nitrogen and oxygen atoms in total. The summed E-state index contributed by atoms with van der Waals surface area (Å²) in [5, 5.41) is 0. The Morgan fingerprint density at radius 1 is 1.11 bits per heavy atom. The molecule has 0 bridgehead atoms. The van der Waals surface area contributed by atoms with Gasteiger partial charge in [0, 0.05) is 13.2 Å². The quantitative estimate of drug-likeness (QED) is 0.591. The van der Waals surface area contributed by atoms with E-state index in [1.807, 2.05) is 13.8 Å². The Hall–Kier alpha value is -1.68. The van der Waals surface area contributed by atoms with Crippen LogP contribution in [0.2, 0.25) is 0 Å². The fourth-order valence-electron chi connectivity index (χ4n) is 1.98. The van der Waals surface area contributed by atoms with Gasteiger partial charge >= 0.3 is 0 Å². The lowest BCUT2D eigenvalue weighted by Gasteiger charge is -2.14. The Morgan fingerprint density at radius 2 is 1.67 bits per heavy atom. The van der Waals surface area contributed by atoms with E-state index < -0.39 is 0 Å². The normalized spacial score (nSPS) is 14.5. The lowest BCUT2D eigenvalue weighted by molar-refractivity contribution is 0.0566. The van der Waals surface area contributed by atoms with Gasteiger partial charge in [0.15, 0.2) is 0 Å². The van der Waals surface area contributed by atoms with Gasteiger partial charge < -0.3 is 4.74 Å². The number of carbonyl (C=O) groups is 2. The molecule has 0 saturated carbocycles. The van der Waals surface area contributed by atoms with Crippen molar-refractivity contribution in [2.24, 2.45) is 0 Å². The summed E-state index contributed by atoms with van der Waals surface area (Å²) in [5.74, 6) is -0.389. The number of hydrogen-bond acceptors (Lipinski definition) is 3. The average Bonchev–Trinajstić information content (AvgIpc) is 2.59. The molecule has 2 rings (SSSR count). The van der Waals surface area contributed by atoms with E-state index in [1.165, 1.54) is 4.90 Å². The number of nitrogens with zero attached hydrogens (tertiary/aromatic N) is 1. The van der Waals surface area contributed by atoms with E-state index in [9.17, 15) is 9.59 Å². The summed E-state index contributed by atoms with van der Waals surface area (Å²) in [6.45, 7) is 4.90. The summed E-state index contributed by atoms with van der Waals surface area (Å²) in [6, 6.07) is 6.94. The second-order valence-electron chi connectivity index (χ2n) is 4.58. The monoisotopic (exact) mass is 247 g/mol. The van der Waals surface area contributed by atoms with Gasteiger partial charge in [-0.25, -0.2) is 0 Å². The average molecular weight is 247 g/mol. The lowest BCUT2D eigenvalue weighted by atomic mass is 10.1. The van der Waals surface area contributed by atoms with Crippen molar-refractivity contribution in [3.05, 3.63) is 35.4 Å². The highest BCUT2D eigenvalue weighted by molar-refractivity contribution is 6.21. The highest BCUT2D eigenvalue weighted by Gasteiger charge is 2.34. The van der Waals surface area contributed by atoms with Crippen molar-refractivity contribution >= 4 is 11.8 Å². The maximum Gasteiger partial charge on any atom is 0.261 e. The topological polar surface area (TPSA) is 46.6 Å². The highest BCUT2D eigenvalue weighted by atomic mass is 16.5. The van der Waals surface area contributed by atoms with Gasteiger partial charge in [-0.15, -0.1) is 0 Å². The van der Waals surface area contributed by atoms with E-state index in [-0.39, 0.29) is 17.9 Å². The third-order valence-corrected chi connectivity index (χ3v) is 2.86.